The van der Waals surface area contributed by atoms with E-state index in [1.807, 2.05) is 0 Å². The SMILES string of the molecule is C#Cc1c(F)ccc2cc(O)cc(-c3ncc4c(N5CC6CCC(C5)N6)nc(OC[C@@]56CC[C@@H](COC(=O)N(C)CCc7ccc8c(c7)C(=O)N(C7CCC(=O)NC7=O)C8=O)N5CC(=C)C6)nc4c3F)c12. The molecule has 5 aromatic rings. The molecule has 8 heterocycles. The first-order valence-corrected chi connectivity index (χ1v) is 23.8. The zero-order valence-electron chi connectivity index (χ0n) is 38.8. The van der Waals surface area contributed by atoms with Gasteiger partial charge in [0, 0.05) is 74.9 Å². The van der Waals surface area contributed by atoms with Gasteiger partial charge in [0.2, 0.25) is 11.8 Å². The number of phenols is 1. The van der Waals surface area contributed by atoms with Gasteiger partial charge in [0.1, 0.15) is 47.9 Å². The fourth-order valence-electron chi connectivity index (χ4n) is 11.5. The summed E-state index contributed by atoms with van der Waals surface area (Å²) in [6.07, 6.45) is 11.1. The van der Waals surface area contributed by atoms with E-state index >= 15 is 8.78 Å². The third-order valence-electron chi connectivity index (χ3n) is 15.0. The van der Waals surface area contributed by atoms with E-state index in [0.717, 1.165) is 23.3 Å². The van der Waals surface area contributed by atoms with E-state index in [1.54, 1.807) is 25.2 Å². The quantitative estimate of drug-likeness (QED) is 0.0908. The minimum absolute atomic E-state index is 0.0233. The molecular weight excluding hydrogens is 917 g/mol. The first-order valence-electron chi connectivity index (χ1n) is 23.8. The van der Waals surface area contributed by atoms with Gasteiger partial charge in [-0.3, -0.25) is 39.3 Å². The molecular formula is C52H49F2N9O8. The van der Waals surface area contributed by atoms with Crippen LogP contribution in [0.25, 0.3) is 32.9 Å². The van der Waals surface area contributed by atoms with E-state index < -0.39 is 52.9 Å². The van der Waals surface area contributed by atoms with Crippen LogP contribution in [0.4, 0.5) is 19.4 Å². The molecule has 5 amide bonds. The minimum Gasteiger partial charge on any atom is -0.508 e. The number of piperazine rings is 1. The summed E-state index contributed by atoms with van der Waals surface area (Å²) in [5.41, 5.74) is 1.27. The average Bonchev–Trinajstić information content (AvgIpc) is 4.05. The number of hydrogen-bond donors (Lipinski definition) is 3. The molecule has 2 aromatic heterocycles. The number of benzene rings is 3. The predicted octanol–water partition coefficient (Wildman–Crippen LogP) is 5.00. The number of ether oxygens (including phenoxy) is 2. The summed E-state index contributed by atoms with van der Waals surface area (Å²) in [6.45, 7) is 6.60. The summed E-state index contributed by atoms with van der Waals surface area (Å²) >= 11 is 0. The van der Waals surface area contributed by atoms with Crippen molar-refractivity contribution in [2.75, 3.05) is 51.3 Å². The number of likely N-dealkylation sites (N-methyl/N-ethyl adjacent to an activating group) is 1. The van der Waals surface area contributed by atoms with Gasteiger partial charge >= 0.3 is 12.1 Å². The van der Waals surface area contributed by atoms with E-state index in [0.29, 0.717) is 67.5 Å². The number of fused-ring (bicyclic) bond motifs is 6. The fourth-order valence-corrected chi connectivity index (χ4v) is 11.5. The van der Waals surface area contributed by atoms with Crippen LogP contribution in [0.15, 0.2) is 60.8 Å². The number of piperidine rings is 1. The minimum atomic E-state index is -1.07. The summed E-state index contributed by atoms with van der Waals surface area (Å²) < 4.78 is 44.7. The Labute approximate surface area is 406 Å². The van der Waals surface area contributed by atoms with Crippen molar-refractivity contribution in [3.63, 3.8) is 0 Å². The second-order valence-electron chi connectivity index (χ2n) is 19.5. The second kappa shape index (κ2) is 17.7. The third-order valence-corrected chi connectivity index (χ3v) is 15.0. The van der Waals surface area contributed by atoms with Crippen molar-refractivity contribution < 1.29 is 47.3 Å². The van der Waals surface area contributed by atoms with Crippen LogP contribution in [0.1, 0.15) is 76.8 Å². The zero-order valence-corrected chi connectivity index (χ0v) is 38.8. The number of carbonyl (C=O) groups excluding carboxylic acids is 5. The third kappa shape index (κ3) is 8.04. The van der Waals surface area contributed by atoms with Crippen molar-refractivity contribution in [2.45, 2.75) is 81.1 Å². The fraction of sp³-hybridized carbons (Fsp3) is 0.385. The molecule has 0 saturated carbocycles. The predicted molar refractivity (Wildman–Crippen MR) is 254 cm³/mol. The van der Waals surface area contributed by atoms with Gasteiger partial charge in [-0.2, -0.15) is 9.97 Å². The van der Waals surface area contributed by atoms with Crippen LogP contribution in [0.5, 0.6) is 11.8 Å². The number of pyridine rings is 1. The van der Waals surface area contributed by atoms with Crippen molar-refractivity contribution in [3.8, 4) is 35.4 Å². The first-order chi connectivity index (χ1) is 34.2. The topological polar surface area (TPSA) is 200 Å². The summed E-state index contributed by atoms with van der Waals surface area (Å²) in [7, 11) is 1.62. The van der Waals surface area contributed by atoms with Gasteiger partial charge in [0.05, 0.1) is 27.6 Å². The largest absolute Gasteiger partial charge is 0.508 e. The van der Waals surface area contributed by atoms with E-state index in [9.17, 15) is 29.1 Å². The molecule has 3 N–H and O–H groups in total. The Morgan fingerprint density at radius 3 is 2.58 bits per heavy atom. The number of amides is 5. The summed E-state index contributed by atoms with van der Waals surface area (Å²) in [5.74, 6) is -1.13. The van der Waals surface area contributed by atoms with Crippen LogP contribution >= 0.6 is 0 Å². The molecule has 364 valence electrons. The highest BCUT2D eigenvalue weighted by Crippen LogP contribution is 2.45. The lowest BCUT2D eigenvalue weighted by atomic mass is 9.94. The number of carbonyl (C=O) groups is 5. The molecule has 2 bridgehead atoms. The van der Waals surface area contributed by atoms with Crippen LogP contribution in [0.2, 0.25) is 0 Å². The number of hydrogen-bond acceptors (Lipinski definition) is 14. The zero-order chi connectivity index (χ0) is 49.5. The number of nitrogens with one attached hydrogen (secondary N) is 2. The molecule has 19 heteroatoms. The Bertz CT molecular complexity index is 3190. The van der Waals surface area contributed by atoms with E-state index in [4.69, 9.17) is 20.9 Å². The number of phenolic OH excluding ortho intramolecular Hbond substituents is 1. The summed E-state index contributed by atoms with van der Waals surface area (Å²) in [4.78, 5) is 84.9. The van der Waals surface area contributed by atoms with Crippen molar-refractivity contribution in [1.29, 1.82) is 0 Å². The van der Waals surface area contributed by atoms with Crippen LogP contribution in [-0.4, -0.2) is 141 Å². The Hall–Kier alpha value is -7.56. The number of rotatable bonds is 11. The highest BCUT2D eigenvalue weighted by Gasteiger charge is 2.52. The maximum Gasteiger partial charge on any atom is 0.409 e. The number of anilines is 1. The average molecular weight is 966 g/mol. The van der Waals surface area contributed by atoms with Crippen LogP contribution in [0.3, 0.4) is 0 Å². The number of aromatic nitrogens is 3. The monoisotopic (exact) mass is 965 g/mol. The molecule has 3 unspecified atom stereocenters. The van der Waals surface area contributed by atoms with Gasteiger partial charge < -0.3 is 29.7 Å². The number of terminal acetylenes is 1. The molecule has 6 aliphatic heterocycles. The standard InChI is InChI=1S/C52H49F2N9O8/c1-4-34-39(53)10-6-29-18-33(64)19-37(42(29)34)44-43(54)45-38(21-55-44)46(61-23-30-7-8-31(24-61)56-30)59-50(58-45)71-26-52-15-13-32(62(52)22-27(2)20-52)25-70-51(69)60(3)16-14-28-5-9-35-36(17-28)49(68)63(48(35)67)40-11-12-41(65)57-47(40)66/h1,5-6,9-10,17-19,21,30-32,40,56,64H,2,7-8,11-16,20,22-26H2,3H3,(H,57,65,66)/t30?,31?,32-,40?,52-/m0/s1. The number of nitrogens with zero attached hydrogens (tertiary/aromatic N) is 7. The van der Waals surface area contributed by atoms with Crippen LogP contribution in [0, 0.1) is 24.0 Å². The molecule has 0 aliphatic carbocycles. The molecule has 5 atom stereocenters. The lowest BCUT2D eigenvalue weighted by Gasteiger charge is -2.35. The lowest BCUT2D eigenvalue weighted by Crippen LogP contribution is -2.54. The molecule has 17 nitrogen and oxygen atoms in total. The van der Waals surface area contributed by atoms with Gasteiger partial charge in [-0.25, -0.2) is 13.6 Å². The van der Waals surface area contributed by atoms with E-state index in [1.165, 1.54) is 35.4 Å². The summed E-state index contributed by atoms with van der Waals surface area (Å²) in [5, 5.41) is 17.5. The molecule has 71 heavy (non-hydrogen) atoms. The molecule has 0 radical (unpaired) electrons. The maximum absolute atomic E-state index is 17.2. The number of halogens is 2. The maximum atomic E-state index is 17.2. The first kappa shape index (κ1) is 45.9. The molecule has 3 aromatic carbocycles. The van der Waals surface area contributed by atoms with Gasteiger partial charge in [-0.15, -0.1) is 6.42 Å². The smallest absolute Gasteiger partial charge is 0.409 e. The lowest BCUT2D eigenvalue weighted by molar-refractivity contribution is -0.136. The normalized spacial score (nSPS) is 23.9. The number of imide groups is 2. The highest BCUT2D eigenvalue weighted by molar-refractivity contribution is 6.23. The molecule has 6 aliphatic rings. The van der Waals surface area contributed by atoms with Crippen molar-refractivity contribution in [1.82, 2.24) is 40.3 Å². The van der Waals surface area contributed by atoms with Crippen LogP contribution < -0.4 is 20.3 Å². The Balaban J connectivity index is 0.790. The molecule has 11 rings (SSSR count). The van der Waals surface area contributed by atoms with Crippen molar-refractivity contribution in [2.24, 2.45) is 0 Å². The Kier molecular flexibility index (Phi) is 11.4. The van der Waals surface area contributed by atoms with Gasteiger partial charge in [0.25, 0.3) is 11.8 Å². The highest BCUT2D eigenvalue weighted by atomic mass is 19.1. The van der Waals surface area contributed by atoms with Crippen LogP contribution in [-0.2, 0) is 20.7 Å². The summed E-state index contributed by atoms with van der Waals surface area (Å²) in [6, 6.07) is 9.44. The number of aromatic hydroxyl groups is 1. The second-order valence-corrected chi connectivity index (χ2v) is 19.5. The van der Waals surface area contributed by atoms with Gasteiger partial charge in [-0.1, -0.05) is 30.2 Å². The molecule has 5 fully saturated rings. The molecule has 5 saturated heterocycles. The Morgan fingerprint density at radius 1 is 1.01 bits per heavy atom. The molecule has 0 spiro atoms. The van der Waals surface area contributed by atoms with Crippen molar-refractivity contribution >= 4 is 57.2 Å². The van der Waals surface area contributed by atoms with E-state index in [2.05, 4.69) is 42.9 Å². The van der Waals surface area contributed by atoms with E-state index in [-0.39, 0.29) is 101 Å². The van der Waals surface area contributed by atoms with Gasteiger partial charge in [-0.05, 0) is 86.2 Å². The Morgan fingerprint density at radius 2 is 1.80 bits per heavy atom. The van der Waals surface area contributed by atoms with Crippen molar-refractivity contribution in [3.05, 3.63) is 94.7 Å². The van der Waals surface area contributed by atoms with Gasteiger partial charge in [0.15, 0.2) is 5.82 Å².